The highest BCUT2D eigenvalue weighted by atomic mass is 16.5. The summed E-state index contributed by atoms with van der Waals surface area (Å²) in [6, 6.07) is 14.4. The summed E-state index contributed by atoms with van der Waals surface area (Å²) in [7, 11) is 1.76. The summed E-state index contributed by atoms with van der Waals surface area (Å²) in [4.78, 5) is 25.2. The van der Waals surface area contributed by atoms with Crippen LogP contribution in [0, 0.1) is 5.92 Å². The number of ether oxygens (including phenoxy) is 1. The molecule has 24 heavy (non-hydrogen) atoms. The number of hydrogen-bond acceptors (Lipinski definition) is 3. The summed E-state index contributed by atoms with van der Waals surface area (Å²) < 4.78 is 5.69. The van der Waals surface area contributed by atoms with Gasteiger partial charge in [0, 0.05) is 13.6 Å². The standard InChI is InChI=1S/C19H19NO4/c1-20(11-13-6-8-14(9-7-13)19(22)23)18(21)16-10-15-4-2-3-5-17(15)24-12-16/h2-9,16H,10-12H2,1H3,(H,22,23)/t16-/m0/s1. The van der Waals surface area contributed by atoms with Crippen molar-refractivity contribution in [3.63, 3.8) is 0 Å². The van der Waals surface area contributed by atoms with E-state index in [0.717, 1.165) is 16.9 Å². The molecule has 0 spiro atoms. The van der Waals surface area contributed by atoms with Crippen molar-refractivity contribution in [3.8, 4) is 5.75 Å². The number of para-hydroxylation sites is 1. The number of carboxylic acid groups (broad SMARTS) is 1. The lowest BCUT2D eigenvalue weighted by Gasteiger charge is -2.28. The first-order valence-corrected chi connectivity index (χ1v) is 7.82. The smallest absolute Gasteiger partial charge is 0.335 e. The van der Waals surface area contributed by atoms with Gasteiger partial charge < -0.3 is 14.7 Å². The fourth-order valence-corrected chi connectivity index (χ4v) is 2.90. The molecule has 1 aliphatic heterocycles. The molecule has 5 heteroatoms. The molecule has 0 saturated carbocycles. The zero-order valence-corrected chi connectivity index (χ0v) is 13.4. The summed E-state index contributed by atoms with van der Waals surface area (Å²) in [5.74, 6) is -0.257. The summed E-state index contributed by atoms with van der Waals surface area (Å²) in [6.45, 7) is 0.828. The Morgan fingerprint density at radius 2 is 1.88 bits per heavy atom. The molecule has 1 N–H and O–H groups in total. The van der Waals surface area contributed by atoms with Gasteiger partial charge in [0.15, 0.2) is 0 Å². The number of aromatic carboxylic acids is 1. The first-order chi connectivity index (χ1) is 11.5. The third kappa shape index (κ3) is 3.40. The van der Waals surface area contributed by atoms with E-state index in [2.05, 4.69) is 0 Å². The third-order valence-corrected chi connectivity index (χ3v) is 4.23. The minimum atomic E-state index is -0.955. The number of carbonyl (C=O) groups is 2. The Kier molecular flexibility index (Phi) is 4.51. The minimum absolute atomic E-state index is 0.0341. The molecule has 1 heterocycles. The highest BCUT2D eigenvalue weighted by Gasteiger charge is 2.28. The summed E-state index contributed by atoms with van der Waals surface area (Å²) in [5, 5.41) is 8.92. The Labute approximate surface area is 140 Å². The maximum atomic E-state index is 12.6. The van der Waals surface area contributed by atoms with Gasteiger partial charge in [-0.1, -0.05) is 30.3 Å². The van der Waals surface area contributed by atoms with Gasteiger partial charge in [-0.25, -0.2) is 4.79 Å². The fraction of sp³-hybridized carbons (Fsp3) is 0.263. The molecule has 2 aromatic rings. The van der Waals surface area contributed by atoms with Crippen LogP contribution in [-0.4, -0.2) is 35.5 Å². The molecule has 1 aliphatic rings. The van der Waals surface area contributed by atoms with E-state index in [1.807, 2.05) is 24.3 Å². The maximum Gasteiger partial charge on any atom is 0.335 e. The highest BCUT2D eigenvalue weighted by molar-refractivity contribution is 5.87. The molecule has 3 rings (SSSR count). The van der Waals surface area contributed by atoms with E-state index in [1.165, 1.54) is 0 Å². The molecule has 0 bridgehead atoms. The highest BCUT2D eigenvalue weighted by Crippen LogP contribution is 2.27. The van der Waals surface area contributed by atoms with Crippen LogP contribution in [0.2, 0.25) is 0 Å². The van der Waals surface area contributed by atoms with Crippen LogP contribution < -0.4 is 4.74 Å². The van der Waals surface area contributed by atoms with Gasteiger partial charge >= 0.3 is 5.97 Å². The van der Waals surface area contributed by atoms with Crippen LogP contribution in [0.5, 0.6) is 5.75 Å². The van der Waals surface area contributed by atoms with Crippen molar-refractivity contribution in [2.75, 3.05) is 13.7 Å². The second kappa shape index (κ2) is 6.74. The Balaban J connectivity index is 1.64. The van der Waals surface area contributed by atoms with Gasteiger partial charge in [-0.15, -0.1) is 0 Å². The summed E-state index contributed by atoms with van der Waals surface area (Å²) in [5.41, 5.74) is 2.19. The Morgan fingerprint density at radius 1 is 1.17 bits per heavy atom. The Morgan fingerprint density at radius 3 is 2.58 bits per heavy atom. The van der Waals surface area contributed by atoms with Gasteiger partial charge in [0.2, 0.25) is 5.91 Å². The average molecular weight is 325 g/mol. The van der Waals surface area contributed by atoms with Gasteiger partial charge in [-0.05, 0) is 35.7 Å². The van der Waals surface area contributed by atoms with Crippen molar-refractivity contribution in [1.82, 2.24) is 4.90 Å². The monoisotopic (exact) mass is 325 g/mol. The lowest BCUT2D eigenvalue weighted by Crippen LogP contribution is -2.38. The number of rotatable bonds is 4. The second-order valence-corrected chi connectivity index (χ2v) is 6.02. The molecule has 0 aliphatic carbocycles. The van der Waals surface area contributed by atoms with Crippen LogP contribution in [0.1, 0.15) is 21.5 Å². The van der Waals surface area contributed by atoms with E-state index < -0.39 is 5.97 Å². The number of benzene rings is 2. The van der Waals surface area contributed by atoms with Gasteiger partial charge in [-0.2, -0.15) is 0 Å². The van der Waals surface area contributed by atoms with Crippen molar-refractivity contribution in [3.05, 3.63) is 65.2 Å². The lowest BCUT2D eigenvalue weighted by molar-refractivity contribution is -0.136. The SMILES string of the molecule is CN(Cc1ccc(C(=O)O)cc1)C(=O)[C@@H]1COc2ccccc2C1. The van der Waals surface area contributed by atoms with Crippen LogP contribution in [0.3, 0.4) is 0 Å². The minimum Gasteiger partial charge on any atom is -0.492 e. The number of amides is 1. The molecule has 0 saturated heterocycles. The van der Waals surface area contributed by atoms with E-state index in [4.69, 9.17) is 9.84 Å². The van der Waals surface area contributed by atoms with E-state index in [9.17, 15) is 9.59 Å². The molecule has 1 amide bonds. The fourth-order valence-electron chi connectivity index (χ4n) is 2.90. The normalized spacial score (nSPS) is 16.0. The van der Waals surface area contributed by atoms with Crippen molar-refractivity contribution in [2.45, 2.75) is 13.0 Å². The summed E-state index contributed by atoms with van der Waals surface area (Å²) >= 11 is 0. The molecule has 0 radical (unpaired) electrons. The van der Waals surface area contributed by atoms with Crippen molar-refractivity contribution in [2.24, 2.45) is 5.92 Å². The molecular weight excluding hydrogens is 306 g/mol. The molecular formula is C19H19NO4. The van der Waals surface area contributed by atoms with E-state index in [1.54, 1.807) is 36.2 Å². The number of carbonyl (C=O) groups excluding carboxylic acids is 1. The number of hydrogen-bond donors (Lipinski definition) is 1. The first-order valence-electron chi connectivity index (χ1n) is 7.82. The van der Waals surface area contributed by atoms with E-state index >= 15 is 0 Å². The average Bonchev–Trinajstić information content (AvgIpc) is 2.61. The first kappa shape index (κ1) is 16.1. The van der Waals surface area contributed by atoms with Crippen LogP contribution in [0.4, 0.5) is 0 Å². The molecule has 5 nitrogen and oxygen atoms in total. The van der Waals surface area contributed by atoms with Crippen molar-refractivity contribution < 1.29 is 19.4 Å². The van der Waals surface area contributed by atoms with E-state index in [-0.39, 0.29) is 17.4 Å². The van der Waals surface area contributed by atoms with Gasteiger partial charge in [0.1, 0.15) is 12.4 Å². The van der Waals surface area contributed by atoms with Gasteiger partial charge in [0.05, 0.1) is 11.5 Å². The Hall–Kier alpha value is -2.82. The second-order valence-electron chi connectivity index (χ2n) is 6.02. The lowest BCUT2D eigenvalue weighted by atomic mass is 9.95. The zero-order valence-electron chi connectivity index (χ0n) is 13.4. The predicted molar refractivity (Wildman–Crippen MR) is 89.0 cm³/mol. The third-order valence-electron chi connectivity index (χ3n) is 4.23. The number of fused-ring (bicyclic) bond motifs is 1. The maximum absolute atomic E-state index is 12.6. The van der Waals surface area contributed by atoms with Crippen LogP contribution in [0.15, 0.2) is 48.5 Å². The molecule has 0 fully saturated rings. The quantitative estimate of drug-likeness (QED) is 0.938. The molecule has 2 aromatic carbocycles. The molecule has 124 valence electrons. The number of nitrogens with zero attached hydrogens (tertiary/aromatic N) is 1. The van der Waals surface area contributed by atoms with Crippen LogP contribution in [-0.2, 0) is 17.8 Å². The van der Waals surface area contributed by atoms with Crippen LogP contribution in [0.25, 0.3) is 0 Å². The topological polar surface area (TPSA) is 66.8 Å². The van der Waals surface area contributed by atoms with Gasteiger partial charge in [0.25, 0.3) is 0 Å². The molecule has 1 atom stereocenters. The zero-order chi connectivity index (χ0) is 17.1. The molecule has 0 unspecified atom stereocenters. The number of carboxylic acids is 1. The van der Waals surface area contributed by atoms with Crippen molar-refractivity contribution >= 4 is 11.9 Å². The van der Waals surface area contributed by atoms with Crippen molar-refractivity contribution in [1.29, 1.82) is 0 Å². The van der Waals surface area contributed by atoms with Crippen LogP contribution >= 0.6 is 0 Å². The summed E-state index contributed by atoms with van der Waals surface area (Å²) in [6.07, 6.45) is 0.678. The molecule has 0 aromatic heterocycles. The largest absolute Gasteiger partial charge is 0.492 e. The Bertz CT molecular complexity index is 754. The van der Waals surface area contributed by atoms with Gasteiger partial charge in [-0.3, -0.25) is 4.79 Å². The predicted octanol–water partition coefficient (Wildman–Crippen LogP) is 2.59. The van der Waals surface area contributed by atoms with E-state index in [0.29, 0.717) is 19.6 Å².